The topological polar surface area (TPSA) is 30.9 Å². The molecule has 0 radical (unpaired) electrons. The van der Waals surface area contributed by atoms with Crippen molar-refractivity contribution in [2.75, 3.05) is 38.3 Å². The van der Waals surface area contributed by atoms with Gasteiger partial charge in [0.05, 0.1) is 12.0 Å². The highest BCUT2D eigenvalue weighted by atomic mass is 32.2. The van der Waals surface area contributed by atoms with E-state index < -0.39 is 0 Å². The van der Waals surface area contributed by atoms with E-state index in [0.717, 1.165) is 17.2 Å². The monoisotopic (exact) mass is 285 g/mol. The molecule has 0 aromatic heterocycles. The van der Waals surface area contributed by atoms with Crippen LogP contribution in [0.25, 0.3) is 0 Å². The zero-order valence-corrected chi connectivity index (χ0v) is 12.7. The van der Waals surface area contributed by atoms with E-state index in [2.05, 4.69) is 6.92 Å². The van der Waals surface area contributed by atoms with Crippen LogP contribution >= 0.6 is 12.0 Å². The molecule has 4 nitrogen and oxygen atoms in total. The number of rotatable bonds is 10. The molecule has 0 unspecified atom stereocenters. The Morgan fingerprint density at radius 2 is 1.68 bits per heavy atom. The lowest BCUT2D eigenvalue weighted by molar-refractivity contribution is 0.140. The van der Waals surface area contributed by atoms with E-state index in [1.165, 1.54) is 24.9 Å². The maximum Gasteiger partial charge on any atom is 0.137 e. The largest absolute Gasteiger partial charge is 0.426 e. The molecule has 0 aliphatic rings. The molecule has 108 valence electrons. The van der Waals surface area contributed by atoms with Gasteiger partial charge in [-0.3, -0.25) is 0 Å². The average molecular weight is 285 g/mol. The van der Waals surface area contributed by atoms with E-state index in [-0.39, 0.29) is 0 Å². The Bertz CT molecular complexity index is 326. The Kier molecular flexibility index (Phi) is 8.45. The van der Waals surface area contributed by atoms with Gasteiger partial charge in [0, 0.05) is 25.7 Å². The molecule has 0 bridgehead atoms. The van der Waals surface area contributed by atoms with Crippen LogP contribution in [0.15, 0.2) is 24.3 Å². The third kappa shape index (κ3) is 6.18. The third-order valence-electron chi connectivity index (χ3n) is 2.51. The molecular weight excluding hydrogens is 262 g/mol. The number of nitrogens with zero attached hydrogens (tertiary/aromatic N) is 1. The molecule has 19 heavy (non-hydrogen) atoms. The Morgan fingerprint density at radius 3 is 2.21 bits per heavy atom. The standard InChI is InChI=1S/C14H23NO3S/c1-4-5-10-19-18-14-8-6-13(7-9-14)15(11-16-2)12-17-3/h6-9H,4-5,10-12H2,1-3H3. The molecule has 1 aromatic carbocycles. The van der Waals surface area contributed by atoms with Gasteiger partial charge >= 0.3 is 0 Å². The number of hydrogen-bond donors (Lipinski definition) is 0. The minimum absolute atomic E-state index is 0.499. The van der Waals surface area contributed by atoms with E-state index in [4.69, 9.17) is 13.7 Å². The SMILES string of the molecule is CCCCSOc1ccc(N(COC)COC)cc1. The molecule has 0 amide bonds. The summed E-state index contributed by atoms with van der Waals surface area (Å²) in [4.78, 5) is 1.99. The van der Waals surface area contributed by atoms with E-state index in [0.29, 0.717) is 13.5 Å². The first-order chi connectivity index (χ1) is 9.31. The number of hydrogen-bond acceptors (Lipinski definition) is 5. The first-order valence-corrected chi connectivity index (χ1v) is 7.35. The Balaban J connectivity index is 2.49. The van der Waals surface area contributed by atoms with Crippen LogP contribution in [0.4, 0.5) is 5.69 Å². The van der Waals surface area contributed by atoms with Gasteiger partial charge in [0.15, 0.2) is 0 Å². The van der Waals surface area contributed by atoms with Gasteiger partial charge in [-0.1, -0.05) is 13.3 Å². The fourth-order valence-electron chi connectivity index (χ4n) is 1.52. The maximum atomic E-state index is 5.60. The fraction of sp³-hybridized carbons (Fsp3) is 0.571. The van der Waals surface area contributed by atoms with Crippen LogP contribution in [0, 0.1) is 0 Å². The highest BCUT2D eigenvalue weighted by molar-refractivity contribution is 7.95. The molecule has 0 saturated carbocycles. The lowest BCUT2D eigenvalue weighted by atomic mass is 10.3. The molecule has 0 spiro atoms. The number of benzene rings is 1. The van der Waals surface area contributed by atoms with Gasteiger partial charge in [-0.25, -0.2) is 0 Å². The lowest BCUT2D eigenvalue weighted by Crippen LogP contribution is -2.27. The zero-order valence-electron chi connectivity index (χ0n) is 11.9. The van der Waals surface area contributed by atoms with E-state index in [9.17, 15) is 0 Å². The van der Waals surface area contributed by atoms with Gasteiger partial charge in [-0.15, -0.1) is 0 Å². The van der Waals surface area contributed by atoms with Crippen molar-refractivity contribution >= 4 is 17.7 Å². The minimum Gasteiger partial charge on any atom is -0.426 e. The highest BCUT2D eigenvalue weighted by Gasteiger charge is 2.05. The third-order valence-corrected chi connectivity index (χ3v) is 3.27. The molecule has 5 heteroatoms. The molecule has 0 saturated heterocycles. The smallest absolute Gasteiger partial charge is 0.137 e. The summed E-state index contributed by atoms with van der Waals surface area (Å²) in [6.45, 7) is 3.17. The van der Waals surface area contributed by atoms with Crippen molar-refractivity contribution in [3.8, 4) is 5.75 Å². The van der Waals surface area contributed by atoms with Gasteiger partial charge in [-0.2, -0.15) is 0 Å². The van der Waals surface area contributed by atoms with Crippen LogP contribution in [0.2, 0.25) is 0 Å². The summed E-state index contributed by atoms with van der Waals surface area (Å²) >= 11 is 1.50. The molecule has 0 heterocycles. The van der Waals surface area contributed by atoms with Crippen molar-refractivity contribution in [1.29, 1.82) is 0 Å². The summed E-state index contributed by atoms with van der Waals surface area (Å²) in [5.41, 5.74) is 1.05. The molecule has 0 atom stereocenters. The van der Waals surface area contributed by atoms with Crippen molar-refractivity contribution in [3.05, 3.63) is 24.3 Å². The Labute approximate surface area is 120 Å². The molecule has 0 aliphatic heterocycles. The van der Waals surface area contributed by atoms with E-state index >= 15 is 0 Å². The quantitative estimate of drug-likeness (QED) is 0.373. The average Bonchev–Trinajstić information content (AvgIpc) is 2.44. The van der Waals surface area contributed by atoms with E-state index in [1.54, 1.807) is 14.2 Å². The van der Waals surface area contributed by atoms with Gasteiger partial charge in [0.2, 0.25) is 0 Å². The van der Waals surface area contributed by atoms with Crippen molar-refractivity contribution in [2.45, 2.75) is 19.8 Å². The predicted octanol–water partition coefficient (Wildman–Crippen LogP) is 3.53. The van der Waals surface area contributed by atoms with Crippen molar-refractivity contribution < 1.29 is 13.7 Å². The molecule has 1 aromatic rings. The molecule has 1 rings (SSSR count). The second-order valence-electron chi connectivity index (χ2n) is 4.13. The predicted molar refractivity (Wildman–Crippen MR) is 80.7 cm³/mol. The highest BCUT2D eigenvalue weighted by Crippen LogP contribution is 2.22. The van der Waals surface area contributed by atoms with Gasteiger partial charge in [0.1, 0.15) is 19.2 Å². The molecule has 0 N–H and O–H groups in total. The number of unbranched alkanes of at least 4 members (excludes halogenated alkanes) is 1. The minimum atomic E-state index is 0.499. The number of anilines is 1. The second kappa shape index (κ2) is 9.95. The Hall–Kier alpha value is -0.910. The summed E-state index contributed by atoms with van der Waals surface area (Å²) in [7, 11) is 3.34. The van der Waals surface area contributed by atoms with Crippen LogP contribution in [0.3, 0.4) is 0 Å². The summed E-state index contributed by atoms with van der Waals surface area (Å²) in [5, 5.41) is 0. The van der Waals surface area contributed by atoms with Crippen LogP contribution < -0.4 is 9.08 Å². The van der Waals surface area contributed by atoms with Gasteiger partial charge in [0.25, 0.3) is 0 Å². The molecular formula is C14H23NO3S. The second-order valence-corrected chi connectivity index (χ2v) is 4.94. The Morgan fingerprint density at radius 1 is 1.05 bits per heavy atom. The van der Waals surface area contributed by atoms with Gasteiger partial charge < -0.3 is 18.6 Å². The van der Waals surface area contributed by atoms with Crippen molar-refractivity contribution in [1.82, 2.24) is 0 Å². The summed E-state index contributed by atoms with van der Waals surface area (Å²) in [5.74, 6) is 1.90. The summed E-state index contributed by atoms with van der Waals surface area (Å²) in [6, 6.07) is 7.95. The first-order valence-electron chi connectivity index (χ1n) is 6.44. The fourth-order valence-corrected chi connectivity index (χ4v) is 2.26. The summed E-state index contributed by atoms with van der Waals surface area (Å²) < 4.78 is 15.9. The first kappa shape index (κ1) is 16.1. The number of methoxy groups -OCH3 is 2. The maximum absolute atomic E-state index is 5.60. The van der Waals surface area contributed by atoms with Crippen LogP contribution in [-0.2, 0) is 9.47 Å². The van der Waals surface area contributed by atoms with Crippen molar-refractivity contribution in [2.24, 2.45) is 0 Å². The summed E-state index contributed by atoms with van der Waals surface area (Å²) in [6.07, 6.45) is 2.37. The zero-order chi connectivity index (χ0) is 13.9. The molecule has 0 aliphatic carbocycles. The van der Waals surface area contributed by atoms with Crippen LogP contribution in [0.5, 0.6) is 5.75 Å². The normalized spacial score (nSPS) is 10.5. The van der Waals surface area contributed by atoms with Crippen molar-refractivity contribution in [3.63, 3.8) is 0 Å². The van der Waals surface area contributed by atoms with Crippen LogP contribution in [0.1, 0.15) is 19.8 Å². The molecule has 0 fully saturated rings. The lowest BCUT2D eigenvalue weighted by Gasteiger charge is -2.22. The van der Waals surface area contributed by atoms with E-state index in [1.807, 2.05) is 29.2 Å². The number of ether oxygens (including phenoxy) is 2. The van der Waals surface area contributed by atoms with Crippen LogP contribution in [-0.4, -0.2) is 33.4 Å². The van der Waals surface area contributed by atoms with Gasteiger partial charge in [-0.05, 0) is 30.7 Å².